The van der Waals surface area contributed by atoms with E-state index in [0.29, 0.717) is 18.0 Å². The average molecular weight is 223 g/mol. The van der Waals surface area contributed by atoms with Crippen molar-refractivity contribution in [2.24, 2.45) is 13.0 Å². The van der Waals surface area contributed by atoms with Crippen molar-refractivity contribution in [1.82, 2.24) is 15.1 Å². The van der Waals surface area contributed by atoms with Crippen LogP contribution in [0.5, 0.6) is 0 Å². The molecule has 1 aliphatic heterocycles. The second kappa shape index (κ2) is 4.65. The summed E-state index contributed by atoms with van der Waals surface area (Å²) in [5.74, 6) is 0.520. The molecule has 0 aliphatic carbocycles. The number of Topliss-reactive ketones (excluding diaryl/α,β-unsaturated/α-hetero) is 1. The monoisotopic (exact) mass is 223 g/mol. The van der Waals surface area contributed by atoms with Crippen molar-refractivity contribution >= 4 is 5.78 Å². The zero-order valence-electron chi connectivity index (χ0n) is 9.45. The molecule has 1 saturated heterocycles. The van der Waals surface area contributed by atoms with E-state index in [0.717, 1.165) is 25.9 Å². The molecule has 0 saturated carbocycles. The summed E-state index contributed by atoms with van der Waals surface area (Å²) in [6.45, 7) is 1.98. The Morgan fingerprint density at radius 1 is 1.50 bits per heavy atom. The third-order valence-corrected chi connectivity index (χ3v) is 3.13. The molecular weight excluding hydrogens is 206 g/mol. The molecule has 0 unspecified atom stereocenters. The van der Waals surface area contributed by atoms with Crippen molar-refractivity contribution in [2.45, 2.75) is 19.3 Å². The quantitative estimate of drug-likeness (QED) is 0.724. The molecule has 16 heavy (non-hydrogen) atoms. The normalized spacial score (nSPS) is 17.6. The van der Waals surface area contributed by atoms with Crippen molar-refractivity contribution < 1.29 is 4.79 Å². The highest BCUT2D eigenvalue weighted by Crippen LogP contribution is 2.18. The first-order valence-corrected chi connectivity index (χ1v) is 5.67. The summed E-state index contributed by atoms with van der Waals surface area (Å²) in [4.78, 5) is 23.0. The molecule has 0 amide bonds. The number of hydrogen-bond donors (Lipinski definition) is 2. The number of hydrogen-bond acceptors (Lipinski definition) is 3. The predicted octanol–water partition coefficient (Wildman–Crippen LogP) is 0.286. The lowest BCUT2D eigenvalue weighted by Gasteiger charge is -2.21. The van der Waals surface area contributed by atoms with Crippen molar-refractivity contribution in [3.63, 3.8) is 0 Å². The Bertz CT molecular complexity index is 427. The zero-order chi connectivity index (χ0) is 11.5. The number of ketones is 1. The number of carbonyl (C=O) groups is 1. The number of rotatable bonds is 3. The fourth-order valence-electron chi connectivity index (χ4n) is 2.20. The lowest BCUT2D eigenvalue weighted by Crippen LogP contribution is -2.29. The van der Waals surface area contributed by atoms with Gasteiger partial charge in [0.15, 0.2) is 5.78 Å². The first-order chi connectivity index (χ1) is 7.66. The van der Waals surface area contributed by atoms with E-state index in [2.05, 4.69) is 10.4 Å². The minimum absolute atomic E-state index is 0.0627. The van der Waals surface area contributed by atoms with E-state index in [-0.39, 0.29) is 11.3 Å². The Kier molecular flexibility index (Phi) is 3.24. The fourth-order valence-corrected chi connectivity index (χ4v) is 2.20. The molecule has 88 valence electrons. The van der Waals surface area contributed by atoms with Crippen LogP contribution in [0.2, 0.25) is 0 Å². The highest BCUT2D eigenvalue weighted by Gasteiger charge is 2.19. The minimum atomic E-state index is -0.212. The van der Waals surface area contributed by atoms with Crippen molar-refractivity contribution in [3.8, 4) is 0 Å². The summed E-state index contributed by atoms with van der Waals surface area (Å²) in [5, 5.41) is 5.82. The molecule has 2 heterocycles. The average Bonchev–Trinajstić information content (AvgIpc) is 2.59. The molecule has 5 nitrogen and oxygen atoms in total. The number of nitrogens with one attached hydrogen (secondary N) is 2. The van der Waals surface area contributed by atoms with Gasteiger partial charge in [-0.25, -0.2) is 0 Å². The van der Waals surface area contributed by atoms with E-state index in [9.17, 15) is 9.59 Å². The van der Waals surface area contributed by atoms with E-state index in [1.54, 1.807) is 7.05 Å². The molecule has 1 aromatic heterocycles. The molecule has 2 N–H and O–H groups in total. The first kappa shape index (κ1) is 11.1. The third kappa shape index (κ3) is 2.41. The topological polar surface area (TPSA) is 66.9 Å². The van der Waals surface area contributed by atoms with Gasteiger partial charge in [-0.2, -0.15) is 0 Å². The summed E-state index contributed by atoms with van der Waals surface area (Å²) in [7, 11) is 1.69. The Hall–Kier alpha value is -1.36. The summed E-state index contributed by atoms with van der Waals surface area (Å²) >= 11 is 0. The van der Waals surface area contributed by atoms with Crippen LogP contribution in [0.25, 0.3) is 0 Å². The molecule has 0 bridgehead atoms. The van der Waals surface area contributed by atoms with E-state index < -0.39 is 0 Å². The van der Waals surface area contributed by atoms with Crippen LogP contribution < -0.4 is 10.9 Å². The SMILES string of the molecule is Cn1[nH]c(=O)cc1C(=O)CC1CCNCC1. The van der Waals surface area contributed by atoms with Crippen LogP contribution in [0.1, 0.15) is 29.8 Å². The highest BCUT2D eigenvalue weighted by molar-refractivity contribution is 5.94. The van der Waals surface area contributed by atoms with Gasteiger partial charge in [0.1, 0.15) is 5.69 Å². The fraction of sp³-hybridized carbons (Fsp3) is 0.636. The number of piperidine rings is 1. The molecule has 1 fully saturated rings. The van der Waals surface area contributed by atoms with E-state index in [4.69, 9.17) is 0 Å². The van der Waals surface area contributed by atoms with Gasteiger partial charge < -0.3 is 5.32 Å². The van der Waals surface area contributed by atoms with Gasteiger partial charge in [0.25, 0.3) is 5.56 Å². The van der Waals surface area contributed by atoms with Gasteiger partial charge in [-0.05, 0) is 31.8 Å². The number of aromatic amines is 1. The van der Waals surface area contributed by atoms with Crippen LogP contribution in [-0.2, 0) is 7.05 Å². The largest absolute Gasteiger partial charge is 0.317 e. The third-order valence-electron chi connectivity index (χ3n) is 3.13. The summed E-state index contributed by atoms with van der Waals surface area (Å²) < 4.78 is 1.51. The summed E-state index contributed by atoms with van der Waals surface area (Å²) in [6, 6.07) is 1.38. The molecule has 1 aromatic rings. The van der Waals surface area contributed by atoms with Crippen molar-refractivity contribution in [1.29, 1.82) is 0 Å². The van der Waals surface area contributed by atoms with Gasteiger partial charge >= 0.3 is 0 Å². The Labute approximate surface area is 93.8 Å². The van der Waals surface area contributed by atoms with Gasteiger partial charge in [-0.3, -0.25) is 19.4 Å². The molecule has 0 aromatic carbocycles. The second-order valence-corrected chi connectivity index (χ2v) is 4.39. The number of aromatic nitrogens is 2. The number of H-pyrrole nitrogens is 1. The second-order valence-electron chi connectivity index (χ2n) is 4.39. The summed E-state index contributed by atoms with van der Waals surface area (Å²) in [5.41, 5.74) is 0.277. The van der Waals surface area contributed by atoms with Crippen LogP contribution >= 0.6 is 0 Å². The van der Waals surface area contributed by atoms with Gasteiger partial charge in [0.05, 0.1) is 0 Å². The van der Waals surface area contributed by atoms with Gasteiger partial charge in [-0.1, -0.05) is 0 Å². The zero-order valence-corrected chi connectivity index (χ0v) is 9.45. The maximum atomic E-state index is 11.9. The first-order valence-electron chi connectivity index (χ1n) is 5.67. The molecule has 1 aliphatic rings. The number of aryl methyl sites for hydroxylation is 1. The molecule has 0 spiro atoms. The smallest absolute Gasteiger partial charge is 0.264 e. The van der Waals surface area contributed by atoms with E-state index in [1.165, 1.54) is 10.7 Å². The number of carbonyl (C=O) groups excluding carboxylic acids is 1. The van der Waals surface area contributed by atoms with Crippen LogP contribution in [0.15, 0.2) is 10.9 Å². The minimum Gasteiger partial charge on any atom is -0.317 e. The lowest BCUT2D eigenvalue weighted by atomic mass is 9.92. The number of nitrogens with zero attached hydrogens (tertiary/aromatic N) is 1. The van der Waals surface area contributed by atoms with Crippen LogP contribution in [0.4, 0.5) is 0 Å². The Balaban J connectivity index is 2.02. The van der Waals surface area contributed by atoms with Crippen molar-refractivity contribution in [2.75, 3.05) is 13.1 Å². The highest BCUT2D eigenvalue weighted by atomic mass is 16.1. The maximum absolute atomic E-state index is 11.9. The van der Waals surface area contributed by atoms with Gasteiger partial charge in [-0.15, -0.1) is 0 Å². The Morgan fingerprint density at radius 2 is 2.19 bits per heavy atom. The van der Waals surface area contributed by atoms with E-state index in [1.807, 2.05) is 0 Å². The molecule has 5 heteroatoms. The molecule has 2 rings (SSSR count). The van der Waals surface area contributed by atoms with Crippen LogP contribution in [0, 0.1) is 5.92 Å². The summed E-state index contributed by atoms with van der Waals surface area (Å²) in [6.07, 6.45) is 2.64. The molecule has 0 atom stereocenters. The van der Waals surface area contributed by atoms with Crippen LogP contribution in [-0.4, -0.2) is 28.7 Å². The van der Waals surface area contributed by atoms with Gasteiger partial charge in [0, 0.05) is 19.5 Å². The van der Waals surface area contributed by atoms with Crippen molar-refractivity contribution in [3.05, 3.63) is 22.1 Å². The molecule has 0 radical (unpaired) electrons. The lowest BCUT2D eigenvalue weighted by molar-refractivity contribution is 0.0943. The Morgan fingerprint density at radius 3 is 2.75 bits per heavy atom. The standard InChI is InChI=1S/C11H17N3O2/c1-14-9(7-11(16)13-14)10(15)6-8-2-4-12-5-3-8/h7-8,12H,2-6H2,1H3,(H,13,16). The maximum Gasteiger partial charge on any atom is 0.264 e. The van der Waals surface area contributed by atoms with Gasteiger partial charge in [0.2, 0.25) is 0 Å². The predicted molar refractivity (Wildman–Crippen MR) is 60.6 cm³/mol. The molecular formula is C11H17N3O2. The van der Waals surface area contributed by atoms with Crippen LogP contribution in [0.3, 0.4) is 0 Å². The van der Waals surface area contributed by atoms with E-state index >= 15 is 0 Å².